The number of piperazine rings is 1. The minimum absolute atomic E-state index is 0. The van der Waals surface area contributed by atoms with Crippen molar-refractivity contribution in [2.24, 2.45) is 0 Å². The van der Waals surface area contributed by atoms with Gasteiger partial charge in [-0.1, -0.05) is 18.2 Å². The number of carboxylic acid groups (broad SMARTS) is 1. The van der Waals surface area contributed by atoms with Crippen LogP contribution in [0.4, 0.5) is 5.69 Å². The number of halogens is 1. The summed E-state index contributed by atoms with van der Waals surface area (Å²) in [5.74, 6) is -0.782. The third-order valence-corrected chi connectivity index (χ3v) is 2.59. The second-order valence-electron chi connectivity index (χ2n) is 3.63. The summed E-state index contributed by atoms with van der Waals surface area (Å²) in [6.07, 6.45) is 0. The summed E-state index contributed by atoms with van der Waals surface area (Å²) in [7, 11) is 0. The number of nitrogens with one attached hydrogen (secondary N) is 1. The number of anilines is 1. The second kappa shape index (κ2) is 5.72. The van der Waals surface area contributed by atoms with Crippen LogP contribution < -0.4 is 10.2 Å². The van der Waals surface area contributed by atoms with Crippen molar-refractivity contribution < 1.29 is 9.90 Å². The molecule has 1 aromatic carbocycles. The molecule has 1 saturated heterocycles. The normalized spacial score (nSPS) is 20.0. The summed E-state index contributed by atoms with van der Waals surface area (Å²) < 4.78 is 0. The Kier molecular flexibility index (Phi) is 4.58. The molecule has 4 nitrogen and oxygen atoms in total. The van der Waals surface area contributed by atoms with Gasteiger partial charge in [-0.25, -0.2) is 0 Å². The van der Waals surface area contributed by atoms with Gasteiger partial charge in [0.25, 0.3) is 0 Å². The molecule has 1 aliphatic rings. The molecule has 1 atom stereocenters. The van der Waals surface area contributed by atoms with Crippen molar-refractivity contribution in [3.8, 4) is 0 Å². The van der Waals surface area contributed by atoms with Crippen LogP contribution in [0.5, 0.6) is 0 Å². The van der Waals surface area contributed by atoms with Crippen molar-refractivity contribution in [3.63, 3.8) is 0 Å². The standard InChI is InChI=1S/C11H14N2O2.ClH/c14-11(15)10-8-13(7-6-12-10)9-4-2-1-3-5-9;/h1-5,10,12H,6-8H2,(H,14,15);1H. The van der Waals surface area contributed by atoms with Crippen molar-refractivity contribution in [3.05, 3.63) is 30.3 Å². The first-order valence-corrected chi connectivity index (χ1v) is 5.03. The van der Waals surface area contributed by atoms with E-state index in [1.165, 1.54) is 0 Å². The monoisotopic (exact) mass is 242 g/mol. The number of aliphatic carboxylic acids is 1. The van der Waals surface area contributed by atoms with Gasteiger partial charge in [0.1, 0.15) is 6.04 Å². The number of hydrogen-bond donors (Lipinski definition) is 2. The Morgan fingerprint density at radius 2 is 2.06 bits per heavy atom. The maximum Gasteiger partial charge on any atom is 0.322 e. The largest absolute Gasteiger partial charge is 0.480 e. The van der Waals surface area contributed by atoms with E-state index in [1.807, 2.05) is 30.3 Å². The Morgan fingerprint density at radius 1 is 1.38 bits per heavy atom. The van der Waals surface area contributed by atoms with Crippen molar-refractivity contribution in [1.82, 2.24) is 5.32 Å². The smallest absolute Gasteiger partial charge is 0.322 e. The molecule has 1 aliphatic heterocycles. The SMILES string of the molecule is Cl.O=C(O)C1CN(c2ccccc2)CCN1. The molecular weight excluding hydrogens is 228 g/mol. The molecule has 0 saturated carbocycles. The highest BCUT2D eigenvalue weighted by Gasteiger charge is 2.24. The summed E-state index contributed by atoms with van der Waals surface area (Å²) >= 11 is 0. The molecule has 1 heterocycles. The molecule has 0 bridgehead atoms. The van der Waals surface area contributed by atoms with Gasteiger partial charge in [0, 0.05) is 25.3 Å². The average Bonchev–Trinajstić information content (AvgIpc) is 2.30. The molecule has 2 rings (SSSR count). The molecule has 0 spiro atoms. The molecule has 0 aliphatic carbocycles. The molecule has 0 amide bonds. The van der Waals surface area contributed by atoms with Crippen LogP contribution in [0.3, 0.4) is 0 Å². The van der Waals surface area contributed by atoms with E-state index in [0.717, 1.165) is 12.2 Å². The fourth-order valence-electron chi connectivity index (χ4n) is 1.79. The summed E-state index contributed by atoms with van der Waals surface area (Å²) in [4.78, 5) is 12.9. The first kappa shape index (κ1) is 12.8. The summed E-state index contributed by atoms with van der Waals surface area (Å²) in [6, 6.07) is 9.44. The van der Waals surface area contributed by atoms with E-state index in [1.54, 1.807) is 0 Å². The van der Waals surface area contributed by atoms with Crippen LogP contribution >= 0.6 is 12.4 Å². The lowest BCUT2D eigenvalue weighted by Crippen LogP contribution is -2.54. The zero-order chi connectivity index (χ0) is 10.7. The lowest BCUT2D eigenvalue weighted by molar-refractivity contribution is -0.139. The van der Waals surface area contributed by atoms with Gasteiger partial charge in [0.2, 0.25) is 0 Å². The van der Waals surface area contributed by atoms with Crippen LogP contribution in [0.1, 0.15) is 0 Å². The van der Waals surface area contributed by atoms with Crippen LogP contribution in [0.2, 0.25) is 0 Å². The predicted molar refractivity (Wildman–Crippen MR) is 65.3 cm³/mol. The molecule has 0 radical (unpaired) electrons. The van der Waals surface area contributed by atoms with Gasteiger partial charge in [0.05, 0.1) is 0 Å². The Morgan fingerprint density at radius 3 is 2.69 bits per heavy atom. The van der Waals surface area contributed by atoms with Crippen LogP contribution in [0.25, 0.3) is 0 Å². The molecule has 1 aromatic rings. The minimum Gasteiger partial charge on any atom is -0.480 e. The second-order valence-corrected chi connectivity index (χ2v) is 3.63. The highest BCUT2D eigenvalue weighted by atomic mass is 35.5. The van der Waals surface area contributed by atoms with Gasteiger partial charge in [-0.3, -0.25) is 4.79 Å². The van der Waals surface area contributed by atoms with E-state index in [4.69, 9.17) is 5.11 Å². The minimum atomic E-state index is -0.782. The average molecular weight is 243 g/mol. The Balaban J connectivity index is 0.00000128. The van der Waals surface area contributed by atoms with Gasteiger partial charge >= 0.3 is 5.97 Å². The van der Waals surface area contributed by atoms with E-state index >= 15 is 0 Å². The highest BCUT2D eigenvalue weighted by molar-refractivity contribution is 5.85. The number of benzene rings is 1. The Bertz CT molecular complexity index is 345. The van der Waals surface area contributed by atoms with Crippen LogP contribution in [-0.2, 0) is 4.79 Å². The molecule has 88 valence electrons. The van der Waals surface area contributed by atoms with Gasteiger partial charge < -0.3 is 15.3 Å². The quantitative estimate of drug-likeness (QED) is 0.812. The third kappa shape index (κ3) is 2.87. The van der Waals surface area contributed by atoms with Crippen molar-refractivity contribution in [1.29, 1.82) is 0 Å². The number of carbonyl (C=O) groups is 1. The molecule has 1 unspecified atom stereocenters. The van der Waals surface area contributed by atoms with E-state index in [2.05, 4.69) is 10.2 Å². The first-order valence-electron chi connectivity index (χ1n) is 5.03. The zero-order valence-corrected chi connectivity index (χ0v) is 9.61. The maximum atomic E-state index is 10.8. The molecule has 1 fully saturated rings. The van der Waals surface area contributed by atoms with Gasteiger partial charge in [-0.2, -0.15) is 0 Å². The van der Waals surface area contributed by atoms with Crippen molar-refractivity contribution in [2.45, 2.75) is 6.04 Å². The first-order chi connectivity index (χ1) is 7.27. The molecular formula is C11H15ClN2O2. The van der Waals surface area contributed by atoms with E-state index in [-0.39, 0.29) is 12.4 Å². The predicted octanol–water partition coefficient (Wildman–Crippen LogP) is 0.971. The Labute approximate surface area is 101 Å². The van der Waals surface area contributed by atoms with Gasteiger partial charge in [0.15, 0.2) is 0 Å². The molecule has 5 heteroatoms. The highest BCUT2D eigenvalue weighted by Crippen LogP contribution is 2.14. The van der Waals surface area contributed by atoms with Gasteiger partial charge in [-0.05, 0) is 12.1 Å². The number of rotatable bonds is 2. The summed E-state index contributed by atoms with van der Waals surface area (Å²) in [5.41, 5.74) is 1.09. The lowest BCUT2D eigenvalue weighted by atomic mass is 10.2. The summed E-state index contributed by atoms with van der Waals surface area (Å²) in [6.45, 7) is 2.10. The van der Waals surface area contributed by atoms with Gasteiger partial charge in [-0.15, -0.1) is 12.4 Å². The molecule has 0 aromatic heterocycles. The van der Waals surface area contributed by atoms with E-state index in [0.29, 0.717) is 13.1 Å². The number of carboxylic acids is 1. The topological polar surface area (TPSA) is 52.6 Å². The maximum absolute atomic E-state index is 10.8. The third-order valence-electron chi connectivity index (χ3n) is 2.59. The van der Waals surface area contributed by atoms with Crippen LogP contribution in [-0.4, -0.2) is 36.8 Å². The number of para-hydroxylation sites is 1. The fraction of sp³-hybridized carbons (Fsp3) is 0.364. The molecule has 2 N–H and O–H groups in total. The zero-order valence-electron chi connectivity index (χ0n) is 8.80. The Hall–Kier alpha value is -1.26. The van der Waals surface area contributed by atoms with E-state index in [9.17, 15) is 4.79 Å². The van der Waals surface area contributed by atoms with Crippen LogP contribution in [0.15, 0.2) is 30.3 Å². The lowest BCUT2D eigenvalue weighted by Gasteiger charge is -2.33. The van der Waals surface area contributed by atoms with E-state index < -0.39 is 12.0 Å². The fourth-order valence-corrected chi connectivity index (χ4v) is 1.79. The summed E-state index contributed by atoms with van der Waals surface area (Å²) in [5, 5.41) is 11.9. The number of nitrogens with zero attached hydrogens (tertiary/aromatic N) is 1. The van der Waals surface area contributed by atoms with Crippen molar-refractivity contribution in [2.75, 3.05) is 24.5 Å². The van der Waals surface area contributed by atoms with Crippen LogP contribution in [0, 0.1) is 0 Å². The van der Waals surface area contributed by atoms with Crippen molar-refractivity contribution >= 4 is 24.1 Å². The number of hydrogen-bond acceptors (Lipinski definition) is 3. The molecule has 16 heavy (non-hydrogen) atoms.